The third kappa shape index (κ3) is 4.87. The second-order valence-electron chi connectivity index (χ2n) is 9.62. The first-order valence-corrected chi connectivity index (χ1v) is 12.8. The van der Waals surface area contributed by atoms with Crippen LogP contribution < -0.4 is 10.6 Å². The number of hydrogen-bond acceptors (Lipinski definition) is 3. The molecule has 6 nitrogen and oxygen atoms in total. The minimum atomic E-state index is -0.200. The number of carbonyl (C=O) groups is 1. The van der Waals surface area contributed by atoms with E-state index in [0.29, 0.717) is 5.11 Å². The standard InChI is InChI=1S/C30H31N5OS/c1-19-13-14-20(2)26(16-19)35-21(3)17-24(22(35)4)29-28(25-12-8-9-15-31-25)33-30(37)34(29)18-27(36)32-23-10-6-5-7-11-23/h5-17,28-29H,18H2,1-4H3,(H,32,36)(H,33,37)/t28-,29+/m0/s1. The van der Waals surface area contributed by atoms with Crippen molar-refractivity contribution in [2.75, 3.05) is 11.9 Å². The van der Waals surface area contributed by atoms with Crippen molar-refractivity contribution < 1.29 is 4.79 Å². The number of pyridine rings is 1. The lowest BCUT2D eigenvalue weighted by molar-refractivity contribution is -0.116. The van der Waals surface area contributed by atoms with Gasteiger partial charge in [0.15, 0.2) is 5.11 Å². The third-order valence-corrected chi connectivity index (χ3v) is 7.32. The van der Waals surface area contributed by atoms with Crippen LogP contribution in [0.4, 0.5) is 5.69 Å². The number of anilines is 1. The fourth-order valence-electron chi connectivity index (χ4n) is 5.21. The normalized spacial score (nSPS) is 17.1. The van der Waals surface area contributed by atoms with Crippen LogP contribution in [0, 0.1) is 27.7 Å². The second kappa shape index (κ2) is 10.2. The van der Waals surface area contributed by atoms with Crippen LogP contribution in [0.3, 0.4) is 0 Å². The van der Waals surface area contributed by atoms with Gasteiger partial charge in [0.2, 0.25) is 5.91 Å². The minimum absolute atomic E-state index is 0.120. The summed E-state index contributed by atoms with van der Waals surface area (Å²) in [6, 6.07) is 23.7. The van der Waals surface area contributed by atoms with Gasteiger partial charge in [-0.2, -0.15) is 0 Å². The first kappa shape index (κ1) is 24.7. The molecule has 5 rings (SSSR count). The molecule has 37 heavy (non-hydrogen) atoms. The van der Waals surface area contributed by atoms with Crippen molar-refractivity contribution in [2.45, 2.75) is 39.8 Å². The number of amides is 1. The summed E-state index contributed by atoms with van der Waals surface area (Å²) < 4.78 is 2.30. The van der Waals surface area contributed by atoms with Crippen molar-refractivity contribution >= 4 is 28.9 Å². The van der Waals surface area contributed by atoms with Gasteiger partial charge in [-0.15, -0.1) is 0 Å². The van der Waals surface area contributed by atoms with Crippen LogP contribution in [0.1, 0.15) is 45.9 Å². The first-order valence-electron chi connectivity index (χ1n) is 12.4. The van der Waals surface area contributed by atoms with Gasteiger partial charge < -0.3 is 20.1 Å². The summed E-state index contributed by atoms with van der Waals surface area (Å²) in [5.74, 6) is -0.120. The molecule has 2 atom stereocenters. The first-order chi connectivity index (χ1) is 17.8. The molecule has 0 aliphatic carbocycles. The fraction of sp³-hybridized carbons (Fsp3) is 0.233. The molecular formula is C30H31N5OS. The summed E-state index contributed by atoms with van der Waals surface area (Å²) in [6.07, 6.45) is 1.79. The zero-order chi connectivity index (χ0) is 26.1. The van der Waals surface area contributed by atoms with Crippen molar-refractivity contribution in [2.24, 2.45) is 0 Å². The molecule has 1 aliphatic rings. The average Bonchev–Trinajstić information content (AvgIpc) is 3.36. The van der Waals surface area contributed by atoms with Gasteiger partial charge in [-0.25, -0.2) is 0 Å². The Hall–Kier alpha value is -3.97. The summed E-state index contributed by atoms with van der Waals surface area (Å²) in [5.41, 5.74) is 8.60. The number of carbonyl (C=O) groups excluding carboxylic acids is 1. The quantitative estimate of drug-likeness (QED) is 0.326. The molecule has 0 bridgehead atoms. The Labute approximate surface area is 223 Å². The van der Waals surface area contributed by atoms with Crippen LogP contribution >= 0.6 is 12.2 Å². The van der Waals surface area contributed by atoms with Crippen molar-refractivity contribution in [3.8, 4) is 5.69 Å². The predicted octanol–water partition coefficient (Wildman–Crippen LogP) is 5.72. The van der Waals surface area contributed by atoms with E-state index < -0.39 is 0 Å². The Morgan fingerprint density at radius 3 is 2.49 bits per heavy atom. The molecule has 0 unspecified atom stereocenters. The van der Waals surface area contributed by atoms with Crippen molar-refractivity contribution in [1.29, 1.82) is 0 Å². The van der Waals surface area contributed by atoms with Crippen LogP contribution in [0.15, 0.2) is 79.0 Å². The van der Waals surface area contributed by atoms with E-state index in [2.05, 4.69) is 72.1 Å². The van der Waals surface area contributed by atoms with E-state index >= 15 is 0 Å². The number of hydrogen-bond donors (Lipinski definition) is 2. The molecule has 1 fully saturated rings. The van der Waals surface area contributed by atoms with Crippen LogP contribution in [0.5, 0.6) is 0 Å². The van der Waals surface area contributed by atoms with Gasteiger partial charge in [-0.05, 0) is 93.0 Å². The molecule has 0 radical (unpaired) electrons. The fourth-order valence-corrected chi connectivity index (χ4v) is 5.51. The maximum absolute atomic E-state index is 13.1. The Morgan fingerprint density at radius 1 is 1.00 bits per heavy atom. The third-order valence-electron chi connectivity index (χ3n) is 6.96. The zero-order valence-corrected chi connectivity index (χ0v) is 22.3. The molecule has 1 aliphatic heterocycles. The highest BCUT2D eigenvalue weighted by molar-refractivity contribution is 7.80. The molecule has 2 aromatic carbocycles. The lowest BCUT2D eigenvalue weighted by Crippen LogP contribution is -2.37. The van der Waals surface area contributed by atoms with Crippen molar-refractivity contribution in [3.05, 3.63) is 113 Å². The molecule has 3 heterocycles. The lowest BCUT2D eigenvalue weighted by Gasteiger charge is -2.27. The van der Waals surface area contributed by atoms with Gasteiger partial charge in [-0.1, -0.05) is 36.4 Å². The number of para-hydroxylation sites is 1. The van der Waals surface area contributed by atoms with Gasteiger partial charge in [-0.3, -0.25) is 9.78 Å². The van der Waals surface area contributed by atoms with Crippen LogP contribution in [-0.2, 0) is 4.79 Å². The number of aryl methyl sites for hydroxylation is 3. The molecular weight excluding hydrogens is 478 g/mol. The van der Waals surface area contributed by atoms with Crippen LogP contribution in [0.25, 0.3) is 5.69 Å². The van der Waals surface area contributed by atoms with E-state index in [4.69, 9.17) is 12.2 Å². The Kier molecular flexibility index (Phi) is 6.80. The molecule has 0 saturated carbocycles. The molecule has 188 valence electrons. The number of rotatable bonds is 6. The smallest absolute Gasteiger partial charge is 0.244 e. The Balaban J connectivity index is 1.56. The SMILES string of the molecule is Cc1ccc(C)c(-n2c(C)cc([C@@H]3[C@H](c4ccccn4)NC(=S)N3CC(=O)Nc3ccccc3)c2C)c1. The molecule has 4 aromatic rings. The molecule has 2 aromatic heterocycles. The highest BCUT2D eigenvalue weighted by Gasteiger charge is 2.42. The minimum Gasteiger partial charge on any atom is -0.352 e. The van der Waals surface area contributed by atoms with Gasteiger partial charge in [0, 0.05) is 29.0 Å². The molecule has 1 amide bonds. The monoisotopic (exact) mass is 509 g/mol. The Morgan fingerprint density at radius 2 is 1.76 bits per heavy atom. The summed E-state index contributed by atoms with van der Waals surface area (Å²) in [5, 5.41) is 7.00. The van der Waals surface area contributed by atoms with E-state index in [1.807, 2.05) is 53.4 Å². The van der Waals surface area contributed by atoms with E-state index in [-0.39, 0.29) is 24.5 Å². The summed E-state index contributed by atoms with van der Waals surface area (Å²) in [7, 11) is 0. The van der Waals surface area contributed by atoms with Crippen molar-refractivity contribution in [3.63, 3.8) is 0 Å². The highest BCUT2D eigenvalue weighted by Crippen LogP contribution is 2.41. The summed E-state index contributed by atoms with van der Waals surface area (Å²) in [4.78, 5) is 19.8. The topological polar surface area (TPSA) is 62.2 Å². The summed E-state index contributed by atoms with van der Waals surface area (Å²) in [6.45, 7) is 8.64. The lowest BCUT2D eigenvalue weighted by atomic mass is 9.96. The molecule has 7 heteroatoms. The van der Waals surface area contributed by atoms with Gasteiger partial charge in [0.1, 0.15) is 6.54 Å². The number of nitrogens with one attached hydrogen (secondary N) is 2. The highest BCUT2D eigenvalue weighted by atomic mass is 32.1. The number of benzene rings is 2. The average molecular weight is 510 g/mol. The Bertz CT molecular complexity index is 1450. The number of nitrogens with zero attached hydrogens (tertiary/aromatic N) is 3. The van der Waals surface area contributed by atoms with Crippen LogP contribution in [-0.4, -0.2) is 32.0 Å². The van der Waals surface area contributed by atoms with E-state index in [1.165, 1.54) is 11.1 Å². The van der Waals surface area contributed by atoms with Crippen LogP contribution in [0.2, 0.25) is 0 Å². The van der Waals surface area contributed by atoms with E-state index in [1.54, 1.807) is 6.20 Å². The van der Waals surface area contributed by atoms with Crippen molar-refractivity contribution in [1.82, 2.24) is 19.8 Å². The number of thiocarbonyl (C=S) groups is 1. The molecule has 1 saturated heterocycles. The van der Waals surface area contributed by atoms with E-state index in [9.17, 15) is 4.79 Å². The van der Waals surface area contributed by atoms with Gasteiger partial charge in [0.25, 0.3) is 0 Å². The molecule has 0 spiro atoms. The zero-order valence-electron chi connectivity index (χ0n) is 21.5. The maximum Gasteiger partial charge on any atom is 0.244 e. The van der Waals surface area contributed by atoms with E-state index in [0.717, 1.165) is 34.0 Å². The second-order valence-corrected chi connectivity index (χ2v) is 10.0. The predicted molar refractivity (Wildman–Crippen MR) is 152 cm³/mol. The summed E-state index contributed by atoms with van der Waals surface area (Å²) >= 11 is 5.79. The van der Waals surface area contributed by atoms with Gasteiger partial charge in [0.05, 0.1) is 17.8 Å². The molecule has 2 N–H and O–H groups in total. The number of aromatic nitrogens is 2. The maximum atomic E-state index is 13.1. The largest absolute Gasteiger partial charge is 0.352 e. The van der Waals surface area contributed by atoms with Gasteiger partial charge >= 0.3 is 0 Å².